The number of ketones is 1. The Bertz CT molecular complexity index is 416. The Labute approximate surface area is 114 Å². The number of nitrogens with zero attached hydrogens (tertiary/aromatic N) is 3. The minimum absolute atomic E-state index is 0.448. The summed E-state index contributed by atoms with van der Waals surface area (Å²) in [5, 5.41) is 0. The largest absolute Gasteiger partial charge is 0.354 e. The van der Waals surface area contributed by atoms with E-state index in [2.05, 4.69) is 20.9 Å². The predicted molar refractivity (Wildman–Crippen MR) is 75.3 cm³/mol. The van der Waals surface area contributed by atoms with Crippen molar-refractivity contribution >= 4 is 11.6 Å². The number of aromatic nitrogens is 1. The molecule has 1 aliphatic heterocycles. The number of piperazine rings is 1. The molecule has 1 aliphatic carbocycles. The van der Waals surface area contributed by atoms with Crippen molar-refractivity contribution in [3.8, 4) is 0 Å². The quantitative estimate of drug-likeness (QED) is 0.810. The van der Waals surface area contributed by atoms with Crippen LogP contribution in [0.2, 0.25) is 0 Å². The summed E-state index contributed by atoms with van der Waals surface area (Å²) in [6, 6.07) is 6.71. The molecule has 0 spiro atoms. The predicted octanol–water partition coefficient (Wildman–Crippen LogP) is 1.72. The second-order valence-electron chi connectivity index (χ2n) is 5.48. The molecule has 4 heteroatoms. The van der Waals surface area contributed by atoms with Gasteiger partial charge >= 0.3 is 0 Å². The number of carbonyl (C=O) groups is 1. The molecule has 1 aromatic rings. The zero-order valence-electron chi connectivity index (χ0n) is 11.3. The van der Waals surface area contributed by atoms with E-state index < -0.39 is 0 Å². The van der Waals surface area contributed by atoms with Crippen molar-refractivity contribution in [3.63, 3.8) is 0 Å². The highest BCUT2D eigenvalue weighted by Crippen LogP contribution is 2.22. The summed E-state index contributed by atoms with van der Waals surface area (Å²) in [6.45, 7) is 4.27. The number of Topliss-reactive ketones (excluding diaryl/α,β-unsaturated/α-hetero) is 1. The molecule has 102 valence electrons. The van der Waals surface area contributed by atoms with Crippen molar-refractivity contribution in [3.05, 3.63) is 24.4 Å². The summed E-state index contributed by atoms with van der Waals surface area (Å²) >= 11 is 0. The van der Waals surface area contributed by atoms with E-state index in [0.29, 0.717) is 11.8 Å². The smallest absolute Gasteiger partial charge is 0.133 e. The van der Waals surface area contributed by atoms with E-state index in [1.807, 2.05) is 18.3 Å². The number of hydrogen-bond acceptors (Lipinski definition) is 4. The van der Waals surface area contributed by atoms with Crippen LogP contribution in [-0.2, 0) is 4.79 Å². The lowest BCUT2D eigenvalue weighted by atomic mass is 9.93. The third-order valence-electron chi connectivity index (χ3n) is 4.32. The maximum atomic E-state index is 11.3. The summed E-state index contributed by atoms with van der Waals surface area (Å²) in [5.74, 6) is 1.53. The minimum Gasteiger partial charge on any atom is -0.354 e. The van der Waals surface area contributed by atoms with Crippen molar-refractivity contribution in [2.24, 2.45) is 0 Å². The second kappa shape index (κ2) is 5.70. The summed E-state index contributed by atoms with van der Waals surface area (Å²) in [5.41, 5.74) is 0. The van der Waals surface area contributed by atoms with Crippen molar-refractivity contribution < 1.29 is 4.79 Å². The maximum Gasteiger partial charge on any atom is 0.133 e. The third kappa shape index (κ3) is 2.95. The van der Waals surface area contributed by atoms with Gasteiger partial charge in [0.15, 0.2) is 0 Å². The van der Waals surface area contributed by atoms with Gasteiger partial charge in [-0.05, 0) is 25.0 Å². The van der Waals surface area contributed by atoms with Crippen LogP contribution in [0.1, 0.15) is 25.7 Å². The summed E-state index contributed by atoms with van der Waals surface area (Å²) in [6.07, 6.45) is 5.54. The van der Waals surface area contributed by atoms with Crippen LogP contribution in [0.3, 0.4) is 0 Å². The summed E-state index contributed by atoms with van der Waals surface area (Å²) in [4.78, 5) is 20.6. The van der Waals surface area contributed by atoms with Crippen LogP contribution >= 0.6 is 0 Å². The highest BCUT2D eigenvalue weighted by atomic mass is 16.1. The van der Waals surface area contributed by atoms with Crippen molar-refractivity contribution in [1.29, 1.82) is 0 Å². The molecule has 0 N–H and O–H groups in total. The van der Waals surface area contributed by atoms with Crippen LogP contribution in [0.5, 0.6) is 0 Å². The first-order valence-corrected chi connectivity index (χ1v) is 7.24. The molecule has 0 amide bonds. The van der Waals surface area contributed by atoms with Crippen molar-refractivity contribution in [2.45, 2.75) is 31.7 Å². The Morgan fingerprint density at radius 2 is 1.79 bits per heavy atom. The Morgan fingerprint density at radius 1 is 1.05 bits per heavy atom. The van der Waals surface area contributed by atoms with Gasteiger partial charge in [-0.15, -0.1) is 0 Å². The van der Waals surface area contributed by atoms with Crippen LogP contribution in [0.4, 0.5) is 5.82 Å². The van der Waals surface area contributed by atoms with Gasteiger partial charge in [0.25, 0.3) is 0 Å². The Hall–Kier alpha value is -1.42. The highest BCUT2D eigenvalue weighted by Gasteiger charge is 2.27. The Kier molecular flexibility index (Phi) is 3.78. The molecule has 19 heavy (non-hydrogen) atoms. The molecular weight excluding hydrogens is 238 g/mol. The number of carbonyl (C=O) groups excluding carboxylic acids is 1. The maximum absolute atomic E-state index is 11.3. The molecule has 2 aliphatic rings. The fourth-order valence-electron chi connectivity index (χ4n) is 3.15. The molecule has 1 saturated carbocycles. The van der Waals surface area contributed by atoms with Crippen LogP contribution in [0.15, 0.2) is 24.4 Å². The molecule has 4 nitrogen and oxygen atoms in total. The van der Waals surface area contributed by atoms with E-state index in [4.69, 9.17) is 0 Å². The fraction of sp³-hybridized carbons (Fsp3) is 0.600. The monoisotopic (exact) mass is 259 g/mol. The Balaban J connectivity index is 1.53. The van der Waals surface area contributed by atoms with Gasteiger partial charge in [-0.2, -0.15) is 0 Å². The molecule has 1 saturated heterocycles. The van der Waals surface area contributed by atoms with Gasteiger partial charge in [-0.3, -0.25) is 9.69 Å². The summed E-state index contributed by atoms with van der Waals surface area (Å²) < 4.78 is 0. The van der Waals surface area contributed by atoms with Gasteiger partial charge in [0.2, 0.25) is 0 Å². The third-order valence-corrected chi connectivity index (χ3v) is 4.32. The van der Waals surface area contributed by atoms with Crippen molar-refractivity contribution in [1.82, 2.24) is 9.88 Å². The number of anilines is 1. The topological polar surface area (TPSA) is 36.4 Å². The number of rotatable bonds is 2. The average Bonchev–Trinajstić information content (AvgIpc) is 2.49. The van der Waals surface area contributed by atoms with Crippen LogP contribution < -0.4 is 4.90 Å². The van der Waals surface area contributed by atoms with Gasteiger partial charge in [0.1, 0.15) is 11.6 Å². The fourth-order valence-corrected chi connectivity index (χ4v) is 3.15. The van der Waals surface area contributed by atoms with Gasteiger partial charge in [-0.25, -0.2) is 4.98 Å². The van der Waals surface area contributed by atoms with Gasteiger partial charge in [0.05, 0.1) is 0 Å². The van der Waals surface area contributed by atoms with E-state index in [9.17, 15) is 4.79 Å². The minimum atomic E-state index is 0.448. The first-order valence-electron chi connectivity index (χ1n) is 7.24. The normalized spacial score (nSPS) is 22.7. The molecule has 0 atom stereocenters. The van der Waals surface area contributed by atoms with Crippen molar-refractivity contribution in [2.75, 3.05) is 31.1 Å². The van der Waals surface area contributed by atoms with Crippen LogP contribution in [-0.4, -0.2) is 47.9 Å². The molecule has 2 fully saturated rings. The van der Waals surface area contributed by atoms with E-state index in [-0.39, 0.29) is 0 Å². The number of pyridine rings is 1. The zero-order valence-corrected chi connectivity index (χ0v) is 11.3. The van der Waals surface area contributed by atoms with Crippen LogP contribution in [0, 0.1) is 0 Å². The van der Waals surface area contributed by atoms with E-state index >= 15 is 0 Å². The summed E-state index contributed by atoms with van der Waals surface area (Å²) in [7, 11) is 0. The lowest BCUT2D eigenvalue weighted by molar-refractivity contribution is -0.121. The number of hydrogen-bond donors (Lipinski definition) is 0. The first-order chi connectivity index (χ1) is 9.33. The average molecular weight is 259 g/mol. The first kappa shape index (κ1) is 12.6. The molecule has 0 bridgehead atoms. The van der Waals surface area contributed by atoms with E-state index in [1.165, 1.54) is 0 Å². The van der Waals surface area contributed by atoms with Gasteiger partial charge in [-0.1, -0.05) is 6.07 Å². The molecule has 1 aromatic heterocycles. The Morgan fingerprint density at radius 3 is 2.42 bits per heavy atom. The molecule has 2 heterocycles. The molecule has 0 radical (unpaired) electrons. The zero-order chi connectivity index (χ0) is 13.1. The van der Waals surface area contributed by atoms with E-state index in [0.717, 1.165) is 57.7 Å². The van der Waals surface area contributed by atoms with E-state index in [1.54, 1.807) is 0 Å². The van der Waals surface area contributed by atoms with Crippen LogP contribution in [0.25, 0.3) is 0 Å². The lowest BCUT2D eigenvalue weighted by Gasteiger charge is -2.40. The SMILES string of the molecule is O=C1CCC(N2CCN(c3ccccn3)CC2)CC1. The van der Waals surface area contributed by atoms with Gasteiger partial charge < -0.3 is 4.90 Å². The standard InChI is InChI=1S/C15H21N3O/c19-14-6-4-13(5-7-14)17-9-11-18(12-10-17)15-3-1-2-8-16-15/h1-3,8,13H,4-7,9-12H2. The lowest BCUT2D eigenvalue weighted by Crippen LogP contribution is -2.51. The molecule has 3 rings (SSSR count). The highest BCUT2D eigenvalue weighted by molar-refractivity contribution is 5.79. The van der Waals surface area contributed by atoms with Gasteiger partial charge in [0, 0.05) is 51.3 Å². The molecule has 0 unspecified atom stereocenters. The second-order valence-corrected chi connectivity index (χ2v) is 5.48. The molecular formula is C15H21N3O. The molecule has 0 aromatic carbocycles.